The van der Waals surface area contributed by atoms with Gasteiger partial charge in [-0.25, -0.2) is 0 Å². The number of likely N-dealkylation sites (tertiary alicyclic amines) is 1. The zero-order chi connectivity index (χ0) is 15.5. The molecule has 2 aliphatic rings. The summed E-state index contributed by atoms with van der Waals surface area (Å²) in [4.78, 5) is 14.4. The molecule has 0 amide bonds. The molecule has 1 aromatic heterocycles. The molecule has 0 aromatic carbocycles. The Morgan fingerprint density at radius 3 is 3.09 bits per heavy atom. The van der Waals surface area contributed by atoms with Gasteiger partial charge in [-0.1, -0.05) is 12.1 Å². The van der Waals surface area contributed by atoms with Crippen molar-refractivity contribution in [2.24, 2.45) is 5.92 Å². The number of nitrogens with zero attached hydrogens (tertiary/aromatic N) is 2. The molecule has 2 unspecified atom stereocenters. The maximum Gasteiger partial charge on any atom is 0.250 e. The molecule has 1 N–H and O–H groups in total. The Morgan fingerprint density at radius 1 is 1.41 bits per heavy atom. The Bertz CT molecular complexity index is 586. The lowest BCUT2D eigenvalue weighted by atomic mass is 9.83. The second-order valence-electron chi connectivity index (χ2n) is 6.40. The third-order valence-electron chi connectivity index (χ3n) is 4.57. The Kier molecular flexibility index (Phi) is 5.06. The van der Waals surface area contributed by atoms with Crippen LogP contribution in [0.5, 0.6) is 0 Å². The smallest absolute Gasteiger partial charge is 0.250 e. The van der Waals surface area contributed by atoms with Crippen LogP contribution in [-0.2, 0) is 6.54 Å². The molecule has 3 heterocycles. The Balaban J connectivity index is 1.63. The predicted octanol–water partition coefficient (Wildman–Crippen LogP) is 1.55. The van der Waals surface area contributed by atoms with Crippen LogP contribution in [0.1, 0.15) is 18.0 Å². The van der Waals surface area contributed by atoms with Gasteiger partial charge >= 0.3 is 0 Å². The van der Waals surface area contributed by atoms with Gasteiger partial charge in [-0.2, -0.15) is 11.8 Å². The van der Waals surface area contributed by atoms with Crippen molar-refractivity contribution in [2.75, 3.05) is 31.1 Å². The summed E-state index contributed by atoms with van der Waals surface area (Å²) in [7, 11) is 0. The number of β-amino-alcohol motifs (C(OH)–C–C–N with tert-alkyl or cyclic N) is 1. The molecule has 0 spiro atoms. The third-order valence-corrected chi connectivity index (χ3v) is 5.66. The van der Waals surface area contributed by atoms with Crippen LogP contribution >= 0.6 is 11.8 Å². The topological polar surface area (TPSA) is 45.5 Å². The monoisotopic (exact) mass is 320 g/mol. The summed E-state index contributed by atoms with van der Waals surface area (Å²) in [5, 5.41) is 10.2. The van der Waals surface area contributed by atoms with Crippen molar-refractivity contribution in [3.05, 3.63) is 46.9 Å². The quantitative estimate of drug-likeness (QED) is 0.638. The number of aliphatic hydroxyl groups excluding tert-OH is 1. The lowest BCUT2D eigenvalue weighted by Gasteiger charge is -2.43. The molecule has 1 aromatic rings. The summed E-state index contributed by atoms with van der Waals surface area (Å²) < 4.78 is 1.95. The van der Waals surface area contributed by atoms with Crippen molar-refractivity contribution in [1.82, 2.24) is 9.47 Å². The molecule has 0 aliphatic carbocycles. The van der Waals surface area contributed by atoms with Crippen molar-refractivity contribution in [3.63, 3.8) is 0 Å². The standard InChI is InChI=1S/C17H24N2O2S/c1-2-6-22-12-15(20)11-18-8-13-7-14(10-18)16-4-3-5-17(21)19(16)9-13/h2-5,13-15,20H,1,6-12H2/t13?,14-,15?/m0/s1. The van der Waals surface area contributed by atoms with E-state index in [0.29, 0.717) is 11.8 Å². The molecule has 0 radical (unpaired) electrons. The first-order valence-corrected chi connectivity index (χ1v) is 9.11. The minimum absolute atomic E-state index is 0.126. The zero-order valence-electron chi connectivity index (χ0n) is 12.9. The van der Waals surface area contributed by atoms with E-state index < -0.39 is 0 Å². The van der Waals surface area contributed by atoms with Gasteiger partial charge in [0.1, 0.15) is 0 Å². The molecule has 120 valence electrons. The van der Waals surface area contributed by atoms with E-state index in [2.05, 4.69) is 17.5 Å². The van der Waals surface area contributed by atoms with Gasteiger partial charge in [-0.05, 0) is 18.4 Å². The van der Waals surface area contributed by atoms with Crippen LogP contribution in [0.4, 0.5) is 0 Å². The largest absolute Gasteiger partial charge is 0.391 e. The van der Waals surface area contributed by atoms with Crippen LogP contribution in [0.25, 0.3) is 0 Å². The lowest BCUT2D eigenvalue weighted by molar-refractivity contribution is 0.0717. The highest BCUT2D eigenvalue weighted by molar-refractivity contribution is 7.99. The Morgan fingerprint density at radius 2 is 2.27 bits per heavy atom. The van der Waals surface area contributed by atoms with Crippen LogP contribution in [0.3, 0.4) is 0 Å². The first kappa shape index (κ1) is 15.8. The van der Waals surface area contributed by atoms with Gasteiger partial charge in [0.25, 0.3) is 5.56 Å². The molecule has 2 bridgehead atoms. The van der Waals surface area contributed by atoms with Crippen molar-refractivity contribution in [3.8, 4) is 0 Å². The highest BCUT2D eigenvalue weighted by Crippen LogP contribution is 2.34. The molecular weight excluding hydrogens is 296 g/mol. The number of aromatic nitrogens is 1. The molecule has 1 fully saturated rings. The minimum atomic E-state index is -0.290. The van der Waals surface area contributed by atoms with E-state index >= 15 is 0 Å². The second kappa shape index (κ2) is 7.02. The summed E-state index contributed by atoms with van der Waals surface area (Å²) in [6.45, 7) is 7.19. The number of hydrogen-bond acceptors (Lipinski definition) is 4. The van der Waals surface area contributed by atoms with E-state index in [1.165, 1.54) is 12.1 Å². The average molecular weight is 320 g/mol. The molecule has 5 heteroatoms. The molecule has 1 saturated heterocycles. The van der Waals surface area contributed by atoms with Crippen molar-refractivity contribution in [1.29, 1.82) is 0 Å². The first-order chi connectivity index (χ1) is 10.7. The van der Waals surface area contributed by atoms with Gasteiger partial charge in [0.05, 0.1) is 6.10 Å². The van der Waals surface area contributed by atoms with E-state index in [1.54, 1.807) is 17.8 Å². The number of thioether (sulfide) groups is 1. The van der Waals surface area contributed by atoms with E-state index in [4.69, 9.17) is 0 Å². The lowest BCUT2D eigenvalue weighted by Crippen LogP contribution is -2.49. The van der Waals surface area contributed by atoms with E-state index in [9.17, 15) is 9.90 Å². The van der Waals surface area contributed by atoms with Gasteiger partial charge in [0.2, 0.25) is 0 Å². The average Bonchev–Trinajstić information content (AvgIpc) is 2.48. The second-order valence-corrected chi connectivity index (χ2v) is 7.47. The van der Waals surface area contributed by atoms with Crippen LogP contribution < -0.4 is 5.56 Å². The van der Waals surface area contributed by atoms with Crippen LogP contribution in [0.2, 0.25) is 0 Å². The minimum Gasteiger partial charge on any atom is -0.391 e. The number of fused-ring (bicyclic) bond motifs is 4. The normalized spacial score (nSPS) is 25.5. The highest BCUT2D eigenvalue weighted by atomic mass is 32.2. The van der Waals surface area contributed by atoms with E-state index in [0.717, 1.165) is 37.7 Å². The third kappa shape index (κ3) is 3.47. The fourth-order valence-corrected chi connectivity index (χ4v) is 4.46. The van der Waals surface area contributed by atoms with Crippen molar-refractivity contribution >= 4 is 11.8 Å². The highest BCUT2D eigenvalue weighted by Gasteiger charge is 2.34. The summed E-state index contributed by atoms with van der Waals surface area (Å²) in [6, 6.07) is 5.61. The number of rotatable bonds is 6. The maximum atomic E-state index is 12.0. The molecule has 4 nitrogen and oxygen atoms in total. The van der Waals surface area contributed by atoms with Crippen LogP contribution in [0.15, 0.2) is 35.6 Å². The Hall–Kier alpha value is -1.04. The summed E-state index contributed by atoms with van der Waals surface area (Å²) in [5.41, 5.74) is 1.30. The molecule has 3 rings (SSSR count). The molecule has 22 heavy (non-hydrogen) atoms. The van der Waals surface area contributed by atoms with Gasteiger partial charge in [-0.15, -0.1) is 6.58 Å². The first-order valence-electron chi connectivity index (χ1n) is 7.96. The zero-order valence-corrected chi connectivity index (χ0v) is 13.7. The van der Waals surface area contributed by atoms with Crippen LogP contribution in [0, 0.1) is 5.92 Å². The van der Waals surface area contributed by atoms with E-state index in [-0.39, 0.29) is 11.7 Å². The molecule has 0 saturated carbocycles. The summed E-state index contributed by atoms with van der Waals surface area (Å²) in [6.07, 6.45) is 2.75. The van der Waals surface area contributed by atoms with E-state index in [1.807, 2.05) is 16.7 Å². The fraction of sp³-hybridized carbons (Fsp3) is 0.588. The van der Waals surface area contributed by atoms with Crippen LogP contribution in [-0.4, -0.2) is 51.8 Å². The van der Waals surface area contributed by atoms with Crippen molar-refractivity contribution in [2.45, 2.75) is 25.0 Å². The van der Waals surface area contributed by atoms with Gasteiger partial charge in [0.15, 0.2) is 0 Å². The number of pyridine rings is 1. The predicted molar refractivity (Wildman–Crippen MR) is 91.5 cm³/mol. The fourth-order valence-electron chi connectivity index (χ4n) is 3.78. The number of piperidine rings is 1. The van der Waals surface area contributed by atoms with Crippen molar-refractivity contribution < 1.29 is 5.11 Å². The number of aliphatic hydroxyl groups is 1. The molecule has 3 atom stereocenters. The number of hydrogen-bond donors (Lipinski definition) is 1. The summed E-state index contributed by atoms with van der Waals surface area (Å²) in [5.74, 6) is 2.60. The molecular formula is C17H24N2O2S. The van der Waals surface area contributed by atoms with Gasteiger partial charge < -0.3 is 9.67 Å². The van der Waals surface area contributed by atoms with Gasteiger partial charge in [0, 0.05) is 55.4 Å². The maximum absolute atomic E-state index is 12.0. The Labute approximate surface area is 135 Å². The summed E-state index contributed by atoms with van der Waals surface area (Å²) >= 11 is 1.72. The SMILES string of the molecule is C=CCSCC(O)CN1CC2C[C@@H](C1)c1cccc(=O)n1C2. The van der Waals surface area contributed by atoms with Gasteiger partial charge in [-0.3, -0.25) is 9.69 Å². The molecule has 2 aliphatic heterocycles.